The zero-order chi connectivity index (χ0) is 16.1. The third-order valence-corrected chi connectivity index (χ3v) is 4.04. The highest BCUT2D eigenvalue weighted by Gasteiger charge is 2.11. The molecule has 0 atom stereocenters. The van der Waals surface area contributed by atoms with Gasteiger partial charge in [-0.1, -0.05) is 15.9 Å². The van der Waals surface area contributed by atoms with Crippen molar-refractivity contribution in [3.8, 4) is 0 Å². The minimum atomic E-state index is -0.146. The second-order valence-corrected chi connectivity index (χ2v) is 5.93. The number of benzene rings is 1. The number of hydrogen-bond donors (Lipinski definition) is 1. The molecule has 22 heavy (non-hydrogen) atoms. The number of aromatic nitrogens is 1. The van der Waals surface area contributed by atoms with Crippen LogP contribution >= 0.6 is 15.9 Å². The van der Waals surface area contributed by atoms with Crippen LogP contribution in [0.1, 0.15) is 29.8 Å². The van der Waals surface area contributed by atoms with Crippen LogP contribution in [0.4, 0.5) is 11.4 Å². The monoisotopic (exact) mass is 361 g/mol. The van der Waals surface area contributed by atoms with Crippen LogP contribution in [0.3, 0.4) is 0 Å². The van der Waals surface area contributed by atoms with Crippen LogP contribution in [0.2, 0.25) is 0 Å². The summed E-state index contributed by atoms with van der Waals surface area (Å²) in [6.45, 7) is 7.90. The summed E-state index contributed by atoms with van der Waals surface area (Å²) in [5.74, 6) is -0.146. The van der Waals surface area contributed by atoms with Crippen molar-refractivity contribution in [1.82, 2.24) is 4.98 Å². The molecule has 0 aliphatic rings. The molecule has 0 aliphatic carbocycles. The molecule has 0 bridgehead atoms. The van der Waals surface area contributed by atoms with Gasteiger partial charge in [0.25, 0.3) is 5.91 Å². The van der Waals surface area contributed by atoms with Gasteiger partial charge in [0.15, 0.2) is 0 Å². The summed E-state index contributed by atoms with van der Waals surface area (Å²) >= 11 is 3.42. The zero-order valence-electron chi connectivity index (χ0n) is 13.1. The van der Waals surface area contributed by atoms with Crippen molar-refractivity contribution >= 4 is 33.2 Å². The number of carbonyl (C=O) groups is 1. The Kier molecular flexibility index (Phi) is 5.55. The lowest BCUT2D eigenvalue weighted by molar-refractivity contribution is 0.102. The zero-order valence-corrected chi connectivity index (χ0v) is 14.6. The number of hydrogen-bond acceptors (Lipinski definition) is 3. The van der Waals surface area contributed by atoms with Crippen LogP contribution in [0.5, 0.6) is 0 Å². The van der Waals surface area contributed by atoms with Gasteiger partial charge < -0.3 is 10.2 Å². The summed E-state index contributed by atoms with van der Waals surface area (Å²) < 4.78 is 0.994. The molecule has 0 saturated heterocycles. The van der Waals surface area contributed by atoms with Crippen molar-refractivity contribution in [3.05, 3.63) is 52.3 Å². The van der Waals surface area contributed by atoms with Gasteiger partial charge in [-0.2, -0.15) is 0 Å². The molecule has 2 rings (SSSR count). The molecule has 2 aromatic rings. The van der Waals surface area contributed by atoms with Crippen LogP contribution in [0.25, 0.3) is 0 Å². The van der Waals surface area contributed by atoms with E-state index in [9.17, 15) is 4.79 Å². The van der Waals surface area contributed by atoms with Gasteiger partial charge in [0.05, 0.1) is 17.4 Å². The Morgan fingerprint density at radius 2 is 1.95 bits per heavy atom. The molecular weight excluding hydrogens is 342 g/mol. The number of pyridine rings is 1. The second-order valence-electron chi connectivity index (χ2n) is 5.02. The van der Waals surface area contributed by atoms with E-state index in [2.05, 4.69) is 45.0 Å². The maximum Gasteiger partial charge on any atom is 0.257 e. The summed E-state index contributed by atoms with van der Waals surface area (Å²) in [6, 6.07) is 7.65. The first-order valence-electron chi connectivity index (χ1n) is 7.32. The smallest absolute Gasteiger partial charge is 0.257 e. The third kappa shape index (κ3) is 3.85. The second kappa shape index (κ2) is 7.40. The average Bonchev–Trinajstić information content (AvgIpc) is 2.51. The first-order valence-corrected chi connectivity index (χ1v) is 8.12. The molecule has 0 saturated carbocycles. The highest BCUT2D eigenvalue weighted by Crippen LogP contribution is 2.21. The van der Waals surface area contributed by atoms with E-state index in [-0.39, 0.29) is 5.91 Å². The molecule has 5 heteroatoms. The van der Waals surface area contributed by atoms with E-state index in [1.807, 2.05) is 31.2 Å². The summed E-state index contributed by atoms with van der Waals surface area (Å²) in [6.07, 6.45) is 3.38. The normalized spacial score (nSPS) is 10.4. The number of nitrogens with one attached hydrogen (secondary N) is 1. The molecule has 0 spiro atoms. The van der Waals surface area contributed by atoms with Crippen LogP contribution in [-0.2, 0) is 0 Å². The quantitative estimate of drug-likeness (QED) is 0.865. The molecule has 4 nitrogen and oxygen atoms in total. The summed E-state index contributed by atoms with van der Waals surface area (Å²) in [5.41, 5.74) is 3.34. The molecule has 0 fully saturated rings. The predicted octanol–water partition coefficient (Wildman–Crippen LogP) is 4.25. The fourth-order valence-corrected chi connectivity index (χ4v) is 2.75. The number of aryl methyl sites for hydroxylation is 1. The lowest BCUT2D eigenvalue weighted by Crippen LogP contribution is -2.22. The Labute approximate surface area is 139 Å². The number of rotatable bonds is 5. The topological polar surface area (TPSA) is 45.2 Å². The maximum absolute atomic E-state index is 12.4. The van der Waals surface area contributed by atoms with Gasteiger partial charge in [-0.15, -0.1) is 0 Å². The van der Waals surface area contributed by atoms with Gasteiger partial charge in [0.1, 0.15) is 0 Å². The van der Waals surface area contributed by atoms with Gasteiger partial charge in [0.2, 0.25) is 0 Å². The van der Waals surface area contributed by atoms with E-state index in [1.54, 1.807) is 12.4 Å². The van der Waals surface area contributed by atoms with E-state index < -0.39 is 0 Å². The molecule has 0 aliphatic heterocycles. The summed E-state index contributed by atoms with van der Waals surface area (Å²) in [5, 5.41) is 2.94. The van der Waals surface area contributed by atoms with Crippen molar-refractivity contribution in [2.24, 2.45) is 0 Å². The molecule has 116 valence electrons. The highest BCUT2D eigenvalue weighted by molar-refractivity contribution is 9.10. The van der Waals surface area contributed by atoms with Gasteiger partial charge in [-0.25, -0.2) is 0 Å². The van der Waals surface area contributed by atoms with Crippen LogP contribution in [-0.4, -0.2) is 24.0 Å². The van der Waals surface area contributed by atoms with Crippen molar-refractivity contribution in [2.75, 3.05) is 23.3 Å². The number of carbonyl (C=O) groups excluding carboxylic acids is 1. The lowest BCUT2D eigenvalue weighted by Gasteiger charge is -2.20. The van der Waals surface area contributed by atoms with Gasteiger partial charge >= 0.3 is 0 Å². The Morgan fingerprint density at radius 3 is 2.59 bits per heavy atom. The van der Waals surface area contributed by atoms with Crippen LogP contribution in [0.15, 0.2) is 41.1 Å². The summed E-state index contributed by atoms with van der Waals surface area (Å²) in [4.78, 5) is 18.8. The molecule has 1 amide bonds. The number of nitrogens with zero attached hydrogens (tertiary/aromatic N) is 2. The van der Waals surface area contributed by atoms with Gasteiger partial charge in [-0.3, -0.25) is 9.78 Å². The third-order valence-electron chi connectivity index (χ3n) is 3.55. The van der Waals surface area contributed by atoms with E-state index in [0.717, 1.165) is 34.5 Å². The van der Waals surface area contributed by atoms with Crippen molar-refractivity contribution < 1.29 is 4.79 Å². The van der Waals surface area contributed by atoms with Gasteiger partial charge in [-0.05, 0) is 50.6 Å². The minimum absolute atomic E-state index is 0.146. The van der Waals surface area contributed by atoms with Crippen molar-refractivity contribution in [1.29, 1.82) is 0 Å². The van der Waals surface area contributed by atoms with Crippen LogP contribution in [0, 0.1) is 6.92 Å². The Bertz CT molecular complexity index is 669. The van der Waals surface area contributed by atoms with Gasteiger partial charge in [0, 0.05) is 29.4 Å². The molecular formula is C17H20BrN3O. The Hall–Kier alpha value is -1.88. The van der Waals surface area contributed by atoms with E-state index in [4.69, 9.17) is 0 Å². The number of anilines is 2. The fourth-order valence-electron chi connectivity index (χ4n) is 2.28. The van der Waals surface area contributed by atoms with Crippen LogP contribution < -0.4 is 10.2 Å². The highest BCUT2D eigenvalue weighted by atomic mass is 79.9. The number of amides is 1. The molecule has 1 aromatic carbocycles. The SMILES string of the molecule is CCN(CC)c1cncc(C(=O)Nc2ccc(Br)cc2C)c1. The molecule has 1 heterocycles. The molecule has 1 N–H and O–H groups in total. The predicted molar refractivity (Wildman–Crippen MR) is 94.6 cm³/mol. The van der Waals surface area contributed by atoms with Crippen molar-refractivity contribution in [2.45, 2.75) is 20.8 Å². The molecule has 0 radical (unpaired) electrons. The Balaban J connectivity index is 2.21. The largest absolute Gasteiger partial charge is 0.371 e. The van der Waals surface area contributed by atoms with E-state index in [1.165, 1.54) is 0 Å². The lowest BCUT2D eigenvalue weighted by atomic mass is 10.2. The molecule has 1 aromatic heterocycles. The summed E-state index contributed by atoms with van der Waals surface area (Å²) in [7, 11) is 0. The van der Waals surface area contributed by atoms with Crippen molar-refractivity contribution in [3.63, 3.8) is 0 Å². The van der Waals surface area contributed by atoms with E-state index >= 15 is 0 Å². The first kappa shape index (κ1) is 16.5. The van der Waals surface area contributed by atoms with E-state index in [0.29, 0.717) is 5.56 Å². The molecule has 0 unspecified atom stereocenters. The Morgan fingerprint density at radius 1 is 1.23 bits per heavy atom. The standard InChI is InChI=1S/C17H20BrN3O/c1-4-21(5-2)15-9-13(10-19-11-15)17(22)20-16-7-6-14(18)8-12(16)3/h6-11H,4-5H2,1-3H3,(H,20,22). The first-order chi connectivity index (χ1) is 10.5. The number of halogens is 1. The average molecular weight is 362 g/mol. The minimum Gasteiger partial charge on any atom is -0.371 e. The maximum atomic E-state index is 12.4. The fraction of sp³-hybridized carbons (Fsp3) is 0.294.